The average Bonchev–Trinajstić information content (AvgIpc) is 2.35. The van der Waals surface area contributed by atoms with Crippen LogP contribution in [0.2, 0.25) is 0 Å². The fourth-order valence-electron chi connectivity index (χ4n) is 1.58. The Bertz CT molecular complexity index is 380. The van der Waals surface area contributed by atoms with Crippen LogP contribution >= 0.6 is 0 Å². The zero-order valence-corrected chi connectivity index (χ0v) is 11.2. The van der Waals surface area contributed by atoms with Crippen LogP contribution in [0.4, 0.5) is 0 Å². The molecule has 1 rings (SSSR count). The average molecular weight is 247 g/mol. The summed E-state index contributed by atoms with van der Waals surface area (Å²) in [5.41, 5.74) is 2.35. The molecule has 0 N–H and O–H groups in total. The van der Waals surface area contributed by atoms with E-state index in [1.54, 1.807) is 0 Å². The number of hydrogen-bond acceptors (Lipinski definition) is 3. The third-order valence-corrected chi connectivity index (χ3v) is 2.46. The van der Waals surface area contributed by atoms with Gasteiger partial charge in [0.1, 0.15) is 0 Å². The van der Waals surface area contributed by atoms with Crippen LogP contribution in [0, 0.1) is 6.92 Å². The van der Waals surface area contributed by atoms with Crippen molar-refractivity contribution in [2.75, 3.05) is 0 Å². The Morgan fingerprint density at radius 3 is 2.61 bits per heavy atom. The Balaban J connectivity index is 0.000000873. The highest BCUT2D eigenvalue weighted by Crippen LogP contribution is 2.07. The molecular weight excluding hydrogens is 226 g/mol. The van der Waals surface area contributed by atoms with Crippen molar-refractivity contribution in [1.29, 1.82) is 0 Å². The first-order chi connectivity index (χ1) is 8.74. The van der Waals surface area contributed by atoms with Crippen molar-refractivity contribution in [3.63, 3.8) is 0 Å². The fraction of sp³-hybridized carbons (Fsp3) is 0.467. The van der Waals surface area contributed by atoms with Crippen LogP contribution in [0.5, 0.6) is 0 Å². The minimum atomic E-state index is 0.250. The maximum Gasteiger partial charge on any atom is 0.373 e. The number of unbranched alkanes of at least 4 members (excludes halogenated alkanes) is 4. The Kier molecular flexibility index (Phi) is 10.6. The molecule has 1 aromatic rings. The number of pyridine rings is 1. The smallest absolute Gasteiger partial charge is 0.262 e. The maximum atomic E-state index is 8.12. The van der Waals surface area contributed by atoms with E-state index in [0.717, 1.165) is 5.69 Å². The minimum Gasteiger partial charge on any atom is -0.262 e. The van der Waals surface area contributed by atoms with Gasteiger partial charge < -0.3 is 0 Å². The van der Waals surface area contributed by atoms with Gasteiger partial charge in [0.25, 0.3) is 0 Å². The molecule has 0 aliphatic carbocycles. The Labute approximate surface area is 109 Å². The van der Waals surface area contributed by atoms with Gasteiger partial charge in [-0.1, -0.05) is 38.3 Å². The highest BCUT2D eigenvalue weighted by molar-refractivity contribution is 5.48. The highest BCUT2D eigenvalue weighted by atomic mass is 16.2. The van der Waals surface area contributed by atoms with E-state index in [1.807, 2.05) is 13.1 Å². The maximum absolute atomic E-state index is 8.12. The summed E-state index contributed by atoms with van der Waals surface area (Å²) in [7, 11) is 0. The molecule has 0 atom stereocenters. The summed E-state index contributed by atoms with van der Waals surface area (Å²) >= 11 is 0. The van der Waals surface area contributed by atoms with E-state index in [9.17, 15) is 0 Å². The van der Waals surface area contributed by atoms with Crippen molar-refractivity contribution in [2.24, 2.45) is 0 Å². The third kappa shape index (κ3) is 9.49. The second-order valence-electron chi connectivity index (χ2n) is 4.07. The van der Waals surface area contributed by atoms with Gasteiger partial charge in [-0.3, -0.25) is 4.98 Å². The summed E-state index contributed by atoms with van der Waals surface area (Å²) in [6, 6.07) is 4.16. The van der Waals surface area contributed by atoms with E-state index in [2.05, 4.69) is 36.2 Å². The normalized spacial score (nSPS) is 9.67. The first-order valence-electron chi connectivity index (χ1n) is 6.33. The van der Waals surface area contributed by atoms with Crippen LogP contribution in [0.25, 0.3) is 6.08 Å². The molecule has 0 aliphatic heterocycles. The molecule has 0 aliphatic rings. The van der Waals surface area contributed by atoms with Crippen molar-refractivity contribution in [2.45, 2.75) is 46.0 Å². The van der Waals surface area contributed by atoms with Gasteiger partial charge in [-0.25, -0.2) is 0 Å². The number of allylic oxidation sites excluding steroid dienone is 1. The Hall–Kier alpha value is -1.73. The second kappa shape index (κ2) is 11.7. The minimum absolute atomic E-state index is 0.250. The van der Waals surface area contributed by atoms with Gasteiger partial charge in [0.2, 0.25) is 0 Å². The first kappa shape index (κ1) is 16.3. The zero-order valence-electron chi connectivity index (χ0n) is 11.2. The third-order valence-electron chi connectivity index (χ3n) is 2.46. The summed E-state index contributed by atoms with van der Waals surface area (Å²) in [4.78, 5) is 20.4. The molecule has 0 spiro atoms. The predicted molar refractivity (Wildman–Crippen MR) is 71.8 cm³/mol. The predicted octanol–water partition coefficient (Wildman–Crippen LogP) is 3.79. The fourth-order valence-corrected chi connectivity index (χ4v) is 1.58. The molecular formula is C15H21NO2. The molecule has 3 nitrogen and oxygen atoms in total. The molecule has 98 valence electrons. The molecule has 1 heterocycles. The van der Waals surface area contributed by atoms with Gasteiger partial charge in [-0.2, -0.15) is 9.59 Å². The lowest BCUT2D eigenvalue weighted by atomic mass is 10.1. The molecule has 0 aromatic carbocycles. The topological polar surface area (TPSA) is 47.0 Å². The Morgan fingerprint density at radius 1 is 1.28 bits per heavy atom. The number of hydrogen-bond donors (Lipinski definition) is 0. The Morgan fingerprint density at radius 2 is 2.00 bits per heavy atom. The number of nitrogens with zero attached hydrogens (tertiary/aromatic N) is 1. The van der Waals surface area contributed by atoms with E-state index in [1.165, 1.54) is 37.7 Å². The molecule has 3 heteroatoms. The van der Waals surface area contributed by atoms with Gasteiger partial charge in [-0.15, -0.1) is 0 Å². The molecule has 0 bridgehead atoms. The van der Waals surface area contributed by atoms with E-state index in [0.29, 0.717) is 0 Å². The molecule has 18 heavy (non-hydrogen) atoms. The standard InChI is InChI=1S/C14H21N.CO2/c1-3-4-5-6-7-8-9-14-10-11-15-13(2)12-14;2-1-3/h8-12H,3-7H2,1-2H3;/b9-8-;. The molecule has 0 saturated carbocycles. The quantitative estimate of drug-likeness (QED) is 0.718. The van der Waals surface area contributed by atoms with Crippen molar-refractivity contribution >= 4 is 12.2 Å². The van der Waals surface area contributed by atoms with Gasteiger partial charge >= 0.3 is 6.15 Å². The van der Waals surface area contributed by atoms with Crippen LogP contribution in [-0.4, -0.2) is 11.1 Å². The summed E-state index contributed by atoms with van der Waals surface area (Å²) in [5, 5.41) is 0. The zero-order chi connectivity index (χ0) is 13.6. The number of carbonyl (C=O) groups excluding carboxylic acids is 2. The van der Waals surface area contributed by atoms with Crippen LogP contribution < -0.4 is 0 Å². The van der Waals surface area contributed by atoms with Gasteiger partial charge in [0.15, 0.2) is 0 Å². The summed E-state index contributed by atoms with van der Waals surface area (Å²) in [6.07, 6.45) is 13.1. The van der Waals surface area contributed by atoms with Crippen molar-refractivity contribution in [3.8, 4) is 0 Å². The second-order valence-corrected chi connectivity index (χ2v) is 4.07. The van der Waals surface area contributed by atoms with Gasteiger partial charge in [-0.05, 0) is 37.5 Å². The van der Waals surface area contributed by atoms with Crippen molar-refractivity contribution < 1.29 is 9.59 Å². The van der Waals surface area contributed by atoms with Gasteiger partial charge in [0, 0.05) is 11.9 Å². The van der Waals surface area contributed by atoms with Crippen LogP contribution in [0.1, 0.15) is 50.3 Å². The lowest BCUT2D eigenvalue weighted by molar-refractivity contribution is -0.191. The van der Waals surface area contributed by atoms with Crippen LogP contribution in [-0.2, 0) is 9.59 Å². The number of rotatable bonds is 6. The molecule has 0 unspecified atom stereocenters. The summed E-state index contributed by atoms with van der Waals surface area (Å²) in [5.74, 6) is 0. The highest BCUT2D eigenvalue weighted by Gasteiger charge is 1.88. The van der Waals surface area contributed by atoms with E-state index in [-0.39, 0.29) is 6.15 Å². The monoisotopic (exact) mass is 247 g/mol. The van der Waals surface area contributed by atoms with Crippen molar-refractivity contribution in [3.05, 3.63) is 35.7 Å². The van der Waals surface area contributed by atoms with E-state index < -0.39 is 0 Å². The van der Waals surface area contributed by atoms with Crippen molar-refractivity contribution in [1.82, 2.24) is 4.98 Å². The SMILES string of the molecule is CCCCCC/C=C\c1ccnc(C)c1.O=C=O. The molecule has 1 aromatic heterocycles. The molecule has 0 radical (unpaired) electrons. The first-order valence-corrected chi connectivity index (χ1v) is 6.33. The molecule has 0 fully saturated rings. The van der Waals surface area contributed by atoms with Gasteiger partial charge in [0.05, 0.1) is 0 Å². The van der Waals surface area contributed by atoms with E-state index >= 15 is 0 Å². The summed E-state index contributed by atoms with van der Waals surface area (Å²) in [6.45, 7) is 4.27. The summed E-state index contributed by atoms with van der Waals surface area (Å²) < 4.78 is 0. The number of aryl methyl sites for hydroxylation is 1. The lowest BCUT2D eigenvalue weighted by Gasteiger charge is -1.96. The van der Waals surface area contributed by atoms with Crippen LogP contribution in [0.3, 0.4) is 0 Å². The van der Waals surface area contributed by atoms with E-state index in [4.69, 9.17) is 9.59 Å². The lowest BCUT2D eigenvalue weighted by Crippen LogP contribution is -1.80. The molecule has 0 saturated heterocycles. The van der Waals surface area contributed by atoms with Crippen LogP contribution in [0.15, 0.2) is 24.4 Å². The number of aromatic nitrogens is 1. The largest absolute Gasteiger partial charge is 0.373 e. The molecule has 0 amide bonds.